The highest BCUT2D eigenvalue weighted by molar-refractivity contribution is 5.77. The monoisotopic (exact) mass is 187 g/mol. The van der Waals surface area contributed by atoms with Crippen molar-refractivity contribution in [1.29, 1.82) is 0 Å². The van der Waals surface area contributed by atoms with Crippen molar-refractivity contribution in [1.82, 2.24) is 4.90 Å². The number of likely N-dealkylation sites (N-methyl/N-ethyl adjacent to an activating group) is 1. The SMILES string of the molecule is CCC(C)CN(CC)C(=O)COC. The highest BCUT2D eigenvalue weighted by Gasteiger charge is 2.13. The quantitative estimate of drug-likeness (QED) is 0.631. The third-order valence-corrected chi connectivity index (χ3v) is 2.23. The molecule has 13 heavy (non-hydrogen) atoms. The first-order chi connectivity index (χ1) is 6.15. The van der Waals surface area contributed by atoms with Crippen molar-refractivity contribution >= 4 is 5.91 Å². The van der Waals surface area contributed by atoms with Crippen LogP contribution in [0.25, 0.3) is 0 Å². The second-order valence-corrected chi connectivity index (χ2v) is 3.38. The number of nitrogens with zero attached hydrogens (tertiary/aromatic N) is 1. The van der Waals surface area contributed by atoms with Gasteiger partial charge in [0.25, 0.3) is 0 Å². The van der Waals surface area contributed by atoms with Gasteiger partial charge in [-0.3, -0.25) is 4.79 Å². The van der Waals surface area contributed by atoms with Crippen molar-refractivity contribution in [2.24, 2.45) is 5.92 Å². The van der Waals surface area contributed by atoms with Crippen LogP contribution >= 0.6 is 0 Å². The van der Waals surface area contributed by atoms with Crippen molar-refractivity contribution in [3.63, 3.8) is 0 Å². The molecule has 0 aliphatic heterocycles. The van der Waals surface area contributed by atoms with Crippen LogP contribution in [0, 0.1) is 5.92 Å². The van der Waals surface area contributed by atoms with Gasteiger partial charge in [-0.15, -0.1) is 0 Å². The molecule has 0 saturated carbocycles. The zero-order valence-electron chi connectivity index (χ0n) is 9.17. The van der Waals surface area contributed by atoms with E-state index < -0.39 is 0 Å². The Balaban J connectivity index is 3.94. The van der Waals surface area contributed by atoms with Crippen LogP contribution in [0.1, 0.15) is 27.2 Å². The van der Waals surface area contributed by atoms with Gasteiger partial charge in [-0.05, 0) is 12.8 Å². The summed E-state index contributed by atoms with van der Waals surface area (Å²) in [4.78, 5) is 13.3. The number of amides is 1. The molecule has 1 amide bonds. The van der Waals surface area contributed by atoms with Crippen molar-refractivity contribution < 1.29 is 9.53 Å². The van der Waals surface area contributed by atoms with E-state index in [-0.39, 0.29) is 12.5 Å². The lowest BCUT2D eigenvalue weighted by atomic mass is 10.1. The van der Waals surface area contributed by atoms with Crippen LogP contribution < -0.4 is 0 Å². The predicted molar refractivity (Wildman–Crippen MR) is 53.6 cm³/mol. The summed E-state index contributed by atoms with van der Waals surface area (Å²) in [5, 5.41) is 0. The second kappa shape index (κ2) is 6.89. The van der Waals surface area contributed by atoms with Gasteiger partial charge < -0.3 is 9.64 Å². The maximum atomic E-state index is 11.4. The number of rotatable bonds is 6. The Kier molecular flexibility index (Phi) is 6.59. The Bertz CT molecular complexity index is 148. The summed E-state index contributed by atoms with van der Waals surface area (Å²) in [6.07, 6.45) is 1.11. The van der Waals surface area contributed by atoms with Crippen molar-refractivity contribution in [3.05, 3.63) is 0 Å². The lowest BCUT2D eigenvalue weighted by Crippen LogP contribution is -2.36. The number of carbonyl (C=O) groups excluding carboxylic acids is 1. The van der Waals surface area contributed by atoms with Crippen molar-refractivity contribution in [3.8, 4) is 0 Å². The summed E-state index contributed by atoms with van der Waals surface area (Å²) in [5.74, 6) is 0.658. The molecule has 0 aliphatic rings. The van der Waals surface area contributed by atoms with Gasteiger partial charge in [0.15, 0.2) is 0 Å². The minimum Gasteiger partial charge on any atom is -0.375 e. The van der Waals surface area contributed by atoms with E-state index in [2.05, 4.69) is 13.8 Å². The second-order valence-electron chi connectivity index (χ2n) is 3.38. The summed E-state index contributed by atoms with van der Waals surface area (Å²) < 4.78 is 4.81. The topological polar surface area (TPSA) is 29.5 Å². The molecule has 0 spiro atoms. The van der Waals surface area contributed by atoms with Crippen LogP contribution in [0.2, 0.25) is 0 Å². The number of hydrogen-bond donors (Lipinski definition) is 0. The standard InChI is InChI=1S/C10H21NO2/c1-5-9(3)7-11(6-2)10(12)8-13-4/h9H,5-8H2,1-4H3. The summed E-state index contributed by atoms with van der Waals surface area (Å²) in [6.45, 7) is 8.10. The number of methoxy groups -OCH3 is 1. The van der Waals surface area contributed by atoms with E-state index in [1.807, 2.05) is 11.8 Å². The lowest BCUT2D eigenvalue weighted by molar-refractivity contribution is -0.135. The van der Waals surface area contributed by atoms with E-state index in [9.17, 15) is 4.79 Å². The molecule has 3 nitrogen and oxygen atoms in total. The fourth-order valence-electron chi connectivity index (χ4n) is 1.13. The van der Waals surface area contributed by atoms with Crippen LogP contribution in [0.3, 0.4) is 0 Å². The molecule has 0 fully saturated rings. The molecule has 3 heteroatoms. The van der Waals surface area contributed by atoms with E-state index in [1.54, 1.807) is 7.11 Å². The summed E-state index contributed by atoms with van der Waals surface area (Å²) >= 11 is 0. The first-order valence-corrected chi connectivity index (χ1v) is 4.92. The Morgan fingerprint density at radius 3 is 2.46 bits per heavy atom. The third kappa shape index (κ3) is 4.88. The minimum atomic E-state index is 0.0882. The maximum Gasteiger partial charge on any atom is 0.248 e. The van der Waals surface area contributed by atoms with E-state index >= 15 is 0 Å². The molecule has 1 atom stereocenters. The molecule has 0 radical (unpaired) electrons. The van der Waals surface area contributed by atoms with Crippen LogP contribution in [0.5, 0.6) is 0 Å². The molecule has 78 valence electrons. The van der Waals surface area contributed by atoms with Gasteiger partial charge in [-0.2, -0.15) is 0 Å². The zero-order chi connectivity index (χ0) is 10.3. The van der Waals surface area contributed by atoms with Gasteiger partial charge in [0.2, 0.25) is 5.91 Å². The highest BCUT2D eigenvalue weighted by Crippen LogP contribution is 2.04. The molecular weight excluding hydrogens is 166 g/mol. The minimum absolute atomic E-state index is 0.0882. The number of ether oxygens (including phenoxy) is 1. The smallest absolute Gasteiger partial charge is 0.248 e. The molecule has 1 unspecified atom stereocenters. The molecular formula is C10H21NO2. The molecule has 0 bridgehead atoms. The molecule has 0 rings (SSSR count). The van der Waals surface area contributed by atoms with Gasteiger partial charge >= 0.3 is 0 Å². The van der Waals surface area contributed by atoms with Crippen molar-refractivity contribution in [2.75, 3.05) is 26.8 Å². The van der Waals surface area contributed by atoms with Crippen LogP contribution in [0.15, 0.2) is 0 Å². The Morgan fingerprint density at radius 2 is 2.08 bits per heavy atom. The van der Waals surface area contributed by atoms with E-state index in [0.717, 1.165) is 19.5 Å². The Morgan fingerprint density at radius 1 is 1.46 bits per heavy atom. The molecule has 0 aromatic rings. The molecule has 0 aromatic carbocycles. The lowest BCUT2D eigenvalue weighted by Gasteiger charge is -2.23. The van der Waals surface area contributed by atoms with E-state index in [4.69, 9.17) is 4.74 Å². The highest BCUT2D eigenvalue weighted by atomic mass is 16.5. The summed E-state index contributed by atoms with van der Waals surface area (Å²) in [6, 6.07) is 0. The Hall–Kier alpha value is -0.570. The number of hydrogen-bond acceptors (Lipinski definition) is 2. The maximum absolute atomic E-state index is 11.4. The van der Waals surface area contributed by atoms with E-state index in [0.29, 0.717) is 5.92 Å². The summed E-state index contributed by atoms with van der Waals surface area (Å²) in [7, 11) is 1.55. The molecule has 0 saturated heterocycles. The van der Waals surface area contributed by atoms with Crippen molar-refractivity contribution in [2.45, 2.75) is 27.2 Å². The number of carbonyl (C=O) groups is 1. The molecule has 0 aliphatic carbocycles. The van der Waals surface area contributed by atoms with Gasteiger partial charge in [0.1, 0.15) is 6.61 Å². The Labute approximate surface area is 81.1 Å². The van der Waals surface area contributed by atoms with Gasteiger partial charge in [0, 0.05) is 20.2 Å². The zero-order valence-corrected chi connectivity index (χ0v) is 9.17. The fourth-order valence-corrected chi connectivity index (χ4v) is 1.13. The molecule has 0 aromatic heterocycles. The van der Waals surface area contributed by atoms with Crippen LogP contribution in [-0.2, 0) is 9.53 Å². The van der Waals surface area contributed by atoms with Gasteiger partial charge in [-0.1, -0.05) is 20.3 Å². The predicted octanol–water partition coefficient (Wildman–Crippen LogP) is 1.53. The normalized spacial score (nSPS) is 12.6. The molecule has 0 N–H and O–H groups in total. The average molecular weight is 187 g/mol. The van der Waals surface area contributed by atoms with Crippen LogP contribution in [-0.4, -0.2) is 37.6 Å². The molecule has 0 heterocycles. The fraction of sp³-hybridized carbons (Fsp3) is 0.900. The van der Waals surface area contributed by atoms with E-state index in [1.165, 1.54) is 0 Å². The first kappa shape index (κ1) is 12.4. The largest absolute Gasteiger partial charge is 0.375 e. The summed E-state index contributed by atoms with van der Waals surface area (Å²) in [5.41, 5.74) is 0. The average Bonchev–Trinajstić information content (AvgIpc) is 2.14. The van der Waals surface area contributed by atoms with Gasteiger partial charge in [-0.25, -0.2) is 0 Å². The third-order valence-electron chi connectivity index (χ3n) is 2.23. The van der Waals surface area contributed by atoms with Gasteiger partial charge in [0.05, 0.1) is 0 Å². The first-order valence-electron chi connectivity index (χ1n) is 4.92. The van der Waals surface area contributed by atoms with Crippen LogP contribution in [0.4, 0.5) is 0 Å².